The highest BCUT2D eigenvalue weighted by Gasteiger charge is 2.32. The van der Waals surface area contributed by atoms with E-state index in [0.29, 0.717) is 6.54 Å². The number of hydrogen-bond acceptors (Lipinski definition) is 3. The lowest BCUT2D eigenvalue weighted by molar-refractivity contribution is -0.125. The number of rotatable bonds is 4. The molecule has 4 heteroatoms. The number of nitrogens with two attached hydrogens (primary N) is 1. The van der Waals surface area contributed by atoms with Crippen LogP contribution < -0.4 is 10.6 Å². The van der Waals surface area contributed by atoms with Gasteiger partial charge in [-0.3, -0.25) is 9.69 Å². The summed E-state index contributed by atoms with van der Waals surface area (Å²) in [6, 6.07) is 8.20. The Hall–Kier alpha value is -1.39. The summed E-state index contributed by atoms with van der Waals surface area (Å²) < 4.78 is 0. The molecule has 1 fully saturated rings. The molecule has 0 bridgehead atoms. The highest BCUT2D eigenvalue weighted by Crippen LogP contribution is 2.21. The molecule has 0 radical (unpaired) electrons. The number of aryl methyl sites for hydroxylation is 1. The zero-order chi connectivity index (χ0) is 13.8. The molecule has 0 aromatic heterocycles. The third-order valence-corrected chi connectivity index (χ3v) is 3.86. The number of likely N-dealkylation sites (N-methyl/N-ethyl adjacent to an activating group) is 1. The Morgan fingerprint density at radius 2 is 1.95 bits per heavy atom. The van der Waals surface area contributed by atoms with Crippen molar-refractivity contribution in [1.29, 1.82) is 0 Å². The topological polar surface area (TPSA) is 49.6 Å². The van der Waals surface area contributed by atoms with Crippen LogP contribution in [0.5, 0.6) is 0 Å². The molecule has 0 saturated carbocycles. The van der Waals surface area contributed by atoms with Crippen LogP contribution in [0.15, 0.2) is 24.3 Å². The Morgan fingerprint density at radius 3 is 2.53 bits per heavy atom. The molecule has 0 spiro atoms. The Bertz CT molecular complexity index is 430. The Kier molecular flexibility index (Phi) is 4.56. The van der Waals surface area contributed by atoms with Crippen molar-refractivity contribution in [3.05, 3.63) is 29.8 Å². The van der Waals surface area contributed by atoms with Gasteiger partial charge in [0.25, 0.3) is 0 Å². The molecule has 1 aromatic carbocycles. The number of carbonyl (C=O) groups excluding carboxylic acids is 1. The summed E-state index contributed by atoms with van der Waals surface area (Å²) in [4.78, 5) is 16.5. The summed E-state index contributed by atoms with van der Waals surface area (Å²) in [5.41, 5.74) is 7.90. The van der Waals surface area contributed by atoms with E-state index in [1.54, 1.807) is 0 Å². The van der Waals surface area contributed by atoms with Crippen molar-refractivity contribution in [1.82, 2.24) is 4.90 Å². The van der Waals surface area contributed by atoms with E-state index in [0.717, 1.165) is 31.6 Å². The maximum atomic E-state index is 12.5. The Labute approximate surface area is 115 Å². The van der Waals surface area contributed by atoms with Gasteiger partial charge in [-0.1, -0.05) is 19.1 Å². The summed E-state index contributed by atoms with van der Waals surface area (Å²) in [5, 5.41) is 0. The molecule has 1 amide bonds. The number of nitrogens with zero attached hydrogens (tertiary/aromatic N) is 2. The van der Waals surface area contributed by atoms with E-state index in [2.05, 4.69) is 24.0 Å². The van der Waals surface area contributed by atoms with Crippen molar-refractivity contribution < 1.29 is 4.79 Å². The minimum Gasteiger partial charge on any atom is -0.330 e. The summed E-state index contributed by atoms with van der Waals surface area (Å²) in [6.07, 6.45) is 1.74. The van der Waals surface area contributed by atoms with Crippen LogP contribution in [0.25, 0.3) is 0 Å². The van der Waals surface area contributed by atoms with Gasteiger partial charge in [-0.25, -0.2) is 0 Å². The molecule has 1 atom stereocenters. The van der Waals surface area contributed by atoms with Gasteiger partial charge in [-0.15, -0.1) is 0 Å². The van der Waals surface area contributed by atoms with Crippen LogP contribution in [-0.4, -0.2) is 43.5 Å². The van der Waals surface area contributed by atoms with Gasteiger partial charge in [0.15, 0.2) is 0 Å². The fraction of sp³-hybridized carbons (Fsp3) is 0.533. The fourth-order valence-corrected chi connectivity index (χ4v) is 2.56. The summed E-state index contributed by atoms with van der Waals surface area (Å²) in [6.45, 7) is 4.32. The molecule has 1 unspecified atom stereocenters. The zero-order valence-electron chi connectivity index (χ0n) is 11.8. The van der Waals surface area contributed by atoms with Crippen molar-refractivity contribution in [3.8, 4) is 0 Å². The molecule has 0 aliphatic carbocycles. The first-order valence-corrected chi connectivity index (χ1v) is 6.98. The van der Waals surface area contributed by atoms with Crippen LogP contribution in [0.1, 0.15) is 18.9 Å². The standard InChI is InChI=1S/C15H23N3O/c1-3-12-4-6-13(7-5-12)18-11-10-17(2)14(8-9-16)15(18)19/h4-7,14H,3,8-11,16H2,1-2H3. The fourth-order valence-electron chi connectivity index (χ4n) is 2.56. The zero-order valence-corrected chi connectivity index (χ0v) is 11.8. The van der Waals surface area contributed by atoms with E-state index in [1.165, 1.54) is 5.56 Å². The molecule has 1 saturated heterocycles. The van der Waals surface area contributed by atoms with Crippen LogP contribution in [-0.2, 0) is 11.2 Å². The number of anilines is 1. The first kappa shape index (κ1) is 14.0. The lowest BCUT2D eigenvalue weighted by Crippen LogP contribution is -2.56. The minimum absolute atomic E-state index is 0.0791. The molecule has 1 aliphatic heterocycles. The lowest BCUT2D eigenvalue weighted by Gasteiger charge is -2.38. The van der Waals surface area contributed by atoms with Gasteiger partial charge in [0.2, 0.25) is 5.91 Å². The van der Waals surface area contributed by atoms with E-state index in [1.807, 2.05) is 24.1 Å². The van der Waals surface area contributed by atoms with E-state index in [9.17, 15) is 4.79 Å². The maximum Gasteiger partial charge on any atom is 0.244 e. The van der Waals surface area contributed by atoms with Crippen molar-refractivity contribution in [3.63, 3.8) is 0 Å². The molecule has 4 nitrogen and oxygen atoms in total. The highest BCUT2D eigenvalue weighted by molar-refractivity contribution is 5.97. The van der Waals surface area contributed by atoms with Gasteiger partial charge >= 0.3 is 0 Å². The minimum atomic E-state index is -0.0791. The van der Waals surface area contributed by atoms with Gasteiger partial charge in [0.1, 0.15) is 0 Å². The molecular formula is C15H23N3O. The smallest absolute Gasteiger partial charge is 0.244 e. The second kappa shape index (κ2) is 6.17. The molecule has 2 N–H and O–H groups in total. The van der Waals surface area contributed by atoms with Gasteiger partial charge in [0.05, 0.1) is 6.04 Å². The number of piperazine rings is 1. The number of carbonyl (C=O) groups is 1. The quantitative estimate of drug-likeness (QED) is 0.887. The van der Waals surface area contributed by atoms with Gasteiger partial charge in [0, 0.05) is 18.8 Å². The van der Waals surface area contributed by atoms with Crippen LogP contribution in [0, 0.1) is 0 Å². The number of benzene rings is 1. The predicted molar refractivity (Wildman–Crippen MR) is 78.3 cm³/mol. The monoisotopic (exact) mass is 261 g/mol. The second-order valence-electron chi connectivity index (χ2n) is 5.08. The Balaban J connectivity index is 2.17. The normalized spacial score (nSPS) is 20.9. The number of hydrogen-bond donors (Lipinski definition) is 1. The number of amides is 1. The molecule has 2 rings (SSSR count). The van der Waals surface area contributed by atoms with E-state index >= 15 is 0 Å². The summed E-state index contributed by atoms with van der Waals surface area (Å²) >= 11 is 0. The molecule has 1 aliphatic rings. The third kappa shape index (κ3) is 2.96. The summed E-state index contributed by atoms with van der Waals surface area (Å²) in [5.74, 6) is 0.170. The molecule has 1 aromatic rings. The summed E-state index contributed by atoms with van der Waals surface area (Å²) in [7, 11) is 2.00. The average molecular weight is 261 g/mol. The van der Waals surface area contributed by atoms with Crippen molar-refractivity contribution in [2.75, 3.05) is 31.6 Å². The largest absolute Gasteiger partial charge is 0.330 e. The van der Waals surface area contributed by atoms with Gasteiger partial charge in [-0.05, 0) is 44.1 Å². The molecule has 104 valence electrons. The van der Waals surface area contributed by atoms with Crippen molar-refractivity contribution >= 4 is 11.6 Å². The van der Waals surface area contributed by atoms with Crippen LogP contribution in [0.4, 0.5) is 5.69 Å². The maximum absolute atomic E-state index is 12.5. The van der Waals surface area contributed by atoms with Gasteiger partial charge < -0.3 is 10.6 Å². The Morgan fingerprint density at radius 1 is 1.26 bits per heavy atom. The van der Waals surface area contributed by atoms with Gasteiger partial charge in [-0.2, -0.15) is 0 Å². The van der Waals surface area contributed by atoms with Crippen LogP contribution in [0.2, 0.25) is 0 Å². The molecular weight excluding hydrogens is 238 g/mol. The van der Waals surface area contributed by atoms with Crippen LogP contribution >= 0.6 is 0 Å². The van der Waals surface area contributed by atoms with Crippen molar-refractivity contribution in [2.45, 2.75) is 25.8 Å². The second-order valence-corrected chi connectivity index (χ2v) is 5.08. The van der Waals surface area contributed by atoms with E-state index in [-0.39, 0.29) is 11.9 Å². The average Bonchev–Trinajstić information content (AvgIpc) is 2.44. The van der Waals surface area contributed by atoms with E-state index in [4.69, 9.17) is 5.73 Å². The molecule has 19 heavy (non-hydrogen) atoms. The first-order chi connectivity index (χ1) is 9.17. The SMILES string of the molecule is CCc1ccc(N2CCN(C)C(CCN)C2=O)cc1. The van der Waals surface area contributed by atoms with Crippen LogP contribution in [0.3, 0.4) is 0 Å². The lowest BCUT2D eigenvalue weighted by atomic mass is 10.1. The first-order valence-electron chi connectivity index (χ1n) is 6.98. The van der Waals surface area contributed by atoms with Crippen molar-refractivity contribution in [2.24, 2.45) is 5.73 Å². The van der Waals surface area contributed by atoms with E-state index < -0.39 is 0 Å². The third-order valence-electron chi connectivity index (χ3n) is 3.86. The molecule has 1 heterocycles. The predicted octanol–water partition coefficient (Wildman–Crippen LogP) is 1.24. The highest BCUT2D eigenvalue weighted by atomic mass is 16.2.